The number of hydrogen-bond donors (Lipinski definition) is 0. The third-order valence-electron chi connectivity index (χ3n) is 3.37. The van der Waals surface area contributed by atoms with E-state index in [2.05, 4.69) is 0 Å². The van der Waals surface area contributed by atoms with Gasteiger partial charge in [-0.15, -0.1) is 0 Å². The van der Waals surface area contributed by atoms with Gasteiger partial charge in [0.2, 0.25) is 0 Å². The van der Waals surface area contributed by atoms with E-state index in [1.54, 1.807) is 11.0 Å². The van der Waals surface area contributed by atoms with Crippen LogP contribution < -0.4 is 0 Å². The van der Waals surface area contributed by atoms with Gasteiger partial charge in [-0.3, -0.25) is 10.1 Å². The molecule has 1 aliphatic rings. The summed E-state index contributed by atoms with van der Waals surface area (Å²) in [4.78, 5) is 23.9. The van der Waals surface area contributed by atoms with E-state index < -0.39 is 10.5 Å². The molecule has 0 radical (unpaired) electrons. The molecule has 0 aromatic heterocycles. The Morgan fingerprint density at radius 3 is 2.57 bits per heavy atom. The zero-order chi connectivity index (χ0) is 17.2. The van der Waals surface area contributed by atoms with Crippen LogP contribution in [0.2, 0.25) is 5.02 Å². The molecule has 0 fully saturated rings. The number of nitrogens with zero attached hydrogens (tertiary/aromatic N) is 2. The van der Waals surface area contributed by atoms with Crippen molar-refractivity contribution in [3.8, 4) is 0 Å². The number of benzene rings is 1. The fraction of sp³-hybridized carbons (Fsp3) is 0.438. The third kappa shape index (κ3) is 4.45. The first-order valence-electron chi connectivity index (χ1n) is 7.28. The van der Waals surface area contributed by atoms with E-state index in [1.807, 2.05) is 26.8 Å². The number of carbonyl (C=O) groups is 1. The number of carbonyl (C=O) groups excluding carboxylic acids is 1. The fourth-order valence-corrected chi connectivity index (χ4v) is 2.58. The zero-order valence-electron chi connectivity index (χ0n) is 13.3. The minimum Gasteiger partial charge on any atom is -0.444 e. The quantitative estimate of drug-likeness (QED) is 0.596. The predicted molar refractivity (Wildman–Crippen MR) is 88.5 cm³/mol. The number of nitro groups is 1. The summed E-state index contributed by atoms with van der Waals surface area (Å²) in [6.45, 7) is 6.43. The van der Waals surface area contributed by atoms with E-state index in [1.165, 1.54) is 12.1 Å². The molecule has 0 saturated carbocycles. The summed E-state index contributed by atoms with van der Waals surface area (Å²) in [5.41, 5.74) is 1.18. The van der Waals surface area contributed by atoms with Gasteiger partial charge >= 0.3 is 6.09 Å². The van der Waals surface area contributed by atoms with E-state index >= 15 is 0 Å². The van der Waals surface area contributed by atoms with Crippen molar-refractivity contribution < 1.29 is 14.5 Å². The highest BCUT2D eigenvalue weighted by molar-refractivity contribution is 6.32. The van der Waals surface area contributed by atoms with Gasteiger partial charge in [0.05, 0.1) is 9.95 Å². The predicted octanol–water partition coefficient (Wildman–Crippen LogP) is 4.27. The van der Waals surface area contributed by atoms with Crippen LogP contribution in [0.15, 0.2) is 24.3 Å². The average Bonchev–Trinajstić information content (AvgIpc) is 2.45. The second-order valence-corrected chi connectivity index (χ2v) is 6.73. The van der Waals surface area contributed by atoms with Crippen LogP contribution in [0.25, 0.3) is 5.57 Å². The molecule has 0 N–H and O–H groups in total. The summed E-state index contributed by atoms with van der Waals surface area (Å²) < 4.78 is 5.34. The molecule has 1 heterocycles. The standard InChI is InChI=1S/C16H19ClN2O4/c1-16(2,3)23-15(20)18-8-6-11(7-9-18)13-5-4-12(19(21)22)10-14(13)17/h4-6,10H,7-9H2,1-3H3. The molecule has 0 saturated heterocycles. The number of nitro benzene ring substituents is 1. The second kappa shape index (κ2) is 6.58. The molecule has 6 nitrogen and oxygen atoms in total. The highest BCUT2D eigenvalue weighted by atomic mass is 35.5. The summed E-state index contributed by atoms with van der Waals surface area (Å²) in [6, 6.07) is 4.43. The summed E-state index contributed by atoms with van der Waals surface area (Å²) in [5, 5.41) is 11.1. The largest absolute Gasteiger partial charge is 0.444 e. The summed E-state index contributed by atoms with van der Waals surface area (Å²) in [7, 11) is 0. The average molecular weight is 339 g/mol. The SMILES string of the molecule is CC(C)(C)OC(=O)N1CC=C(c2ccc([N+](=O)[O-])cc2Cl)CC1. The molecule has 23 heavy (non-hydrogen) atoms. The summed E-state index contributed by atoms with van der Waals surface area (Å²) in [6.07, 6.45) is 2.18. The normalized spacial score (nSPS) is 15.1. The van der Waals surface area contributed by atoms with Crippen LogP contribution in [-0.4, -0.2) is 34.6 Å². The van der Waals surface area contributed by atoms with Gasteiger partial charge in [0.15, 0.2) is 0 Å². The van der Waals surface area contributed by atoms with Crippen LogP contribution in [0.4, 0.5) is 10.5 Å². The lowest BCUT2D eigenvalue weighted by Gasteiger charge is -2.29. The molecule has 1 amide bonds. The number of non-ortho nitro benzene ring substituents is 1. The Labute approximate surface area is 139 Å². The van der Waals surface area contributed by atoms with Crippen molar-refractivity contribution >= 4 is 29.0 Å². The Morgan fingerprint density at radius 2 is 2.09 bits per heavy atom. The van der Waals surface area contributed by atoms with Crippen molar-refractivity contribution in [3.05, 3.63) is 45.0 Å². The van der Waals surface area contributed by atoms with Crippen molar-refractivity contribution in [3.63, 3.8) is 0 Å². The molecule has 0 spiro atoms. The van der Waals surface area contributed by atoms with Crippen LogP contribution in [0.5, 0.6) is 0 Å². The van der Waals surface area contributed by atoms with Gasteiger partial charge in [-0.2, -0.15) is 0 Å². The highest BCUT2D eigenvalue weighted by Gasteiger charge is 2.24. The maximum Gasteiger partial charge on any atom is 0.410 e. The van der Waals surface area contributed by atoms with Crippen LogP contribution in [-0.2, 0) is 4.74 Å². The topological polar surface area (TPSA) is 72.7 Å². The molecule has 7 heteroatoms. The first-order chi connectivity index (χ1) is 10.7. The Balaban J connectivity index is 2.10. The number of ether oxygens (including phenoxy) is 1. The highest BCUT2D eigenvalue weighted by Crippen LogP contribution is 2.31. The number of amides is 1. The molecule has 0 unspecified atom stereocenters. The van der Waals surface area contributed by atoms with Crippen LogP contribution in [0, 0.1) is 10.1 Å². The van der Waals surface area contributed by atoms with Crippen molar-refractivity contribution in [1.29, 1.82) is 0 Å². The molecule has 0 aliphatic carbocycles. The van der Waals surface area contributed by atoms with Crippen molar-refractivity contribution in [2.45, 2.75) is 32.8 Å². The minimum atomic E-state index is -0.525. The van der Waals surface area contributed by atoms with E-state index in [0.29, 0.717) is 24.5 Å². The number of halogens is 1. The molecule has 1 aromatic carbocycles. The van der Waals surface area contributed by atoms with E-state index in [9.17, 15) is 14.9 Å². The van der Waals surface area contributed by atoms with Gasteiger partial charge in [0.1, 0.15) is 5.60 Å². The minimum absolute atomic E-state index is 0.0365. The van der Waals surface area contributed by atoms with Gasteiger partial charge in [-0.1, -0.05) is 17.7 Å². The Bertz CT molecular complexity index is 665. The van der Waals surface area contributed by atoms with Gasteiger partial charge in [0, 0.05) is 25.2 Å². The first-order valence-corrected chi connectivity index (χ1v) is 7.66. The van der Waals surface area contributed by atoms with Crippen molar-refractivity contribution in [1.82, 2.24) is 4.90 Å². The molecule has 0 atom stereocenters. The van der Waals surface area contributed by atoms with Gasteiger partial charge in [0.25, 0.3) is 5.69 Å². The monoisotopic (exact) mass is 338 g/mol. The number of rotatable bonds is 2. The lowest BCUT2D eigenvalue weighted by atomic mass is 9.99. The summed E-state index contributed by atoms with van der Waals surface area (Å²) in [5.74, 6) is 0. The van der Waals surface area contributed by atoms with Crippen molar-refractivity contribution in [2.75, 3.05) is 13.1 Å². The second-order valence-electron chi connectivity index (χ2n) is 6.33. The van der Waals surface area contributed by atoms with E-state index in [0.717, 1.165) is 11.1 Å². The van der Waals surface area contributed by atoms with Gasteiger partial charge < -0.3 is 9.64 Å². The van der Waals surface area contributed by atoms with Gasteiger partial charge in [-0.05, 0) is 44.4 Å². The molecule has 1 aromatic rings. The third-order valence-corrected chi connectivity index (χ3v) is 3.68. The lowest BCUT2D eigenvalue weighted by Crippen LogP contribution is -2.39. The smallest absolute Gasteiger partial charge is 0.410 e. The fourth-order valence-electron chi connectivity index (χ4n) is 2.28. The molecular weight excluding hydrogens is 320 g/mol. The molecule has 124 valence electrons. The maximum absolute atomic E-state index is 12.0. The van der Waals surface area contributed by atoms with Crippen LogP contribution in [0.1, 0.15) is 32.8 Å². The Morgan fingerprint density at radius 1 is 1.39 bits per heavy atom. The van der Waals surface area contributed by atoms with E-state index in [-0.39, 0.29) is 11.8 Å². The zero-order valence-corrected chi connectivity index (χ0v) is 14.1. The molecular formula is C16H19ClN2O4. The molecule has 1 aliphatic heterocycles. The maximum atomic E-state index is 12.0. The van der Waals surface area contributed by atoms with Crippen LogP contribution in [0.3, 0.4) is 0 Å². The van der Waals surface area contributed by atoms with Gasteiger partial charge in [-0.25, -0.2) is 4.79 Å². The summed E-state index contributed by atoms with van der Waals surface area (Å²) >= 11 is 6.14. The van der Waals surface area contributed by atoms with E-state index in [4.69, 9.17) is 16.3 Å². The first kappa shape index (κ1) is 17.3. The van der Waals surface area contributed by atoms with Crippen molar-refractivity contribution in [2.24, 2.45) is 0 Å². The molecule has 0 bridgehead atoms. The lowest BCUT2D eigenvalue weighted by molar-refractivity contribution is -0.384. The number of hydrogen-bond acceptors (Lipinski definition) is 4. The molecule has 2 rings (SSSR count). The van der Waals surface area contributed by atoms with Crippen LogP contribution >= 0.6 is 11.6 Å². The Hall–Kier alpha value is -2.08. The Kier molecular flexibility index (Phi) is 4.94.